The van der Waals surface area contributed by atoms with Gasteiger partial charge in [0.15, 0.2) is 0 Å². The van der Waals surface area contributed by atoms with E-state index in [4.69, 9.17) is 4.74 Å². The molecular formula is C21H23NO4S. The third-order valence-corrected chi connectivity index (χ3v) is 5.96. The van der Waals surface area contributed by atoms with E-state index in [1.165, 1.54) is 17.5 Å². The molecule has 0 saturated heterocycles. The Morgan fingerprint density at radius 3 is 2.26 bits per heavy atom. The van der Waals surface area contributed by atoms with Crippen molar-refractivity contribution in [2.75, 3.05) is 13.7 Å². The molecule has 5 nitrogen and oxygen atoms in total. The zero-order chi connectivity index (χ0) is 20.0. The van der Waals surface area contributed by atoms with E-state index < -0.39 is 22.0 Å². The fraction of sp³-hybridized carbons (Fsp3) is 0.190. The first-order valence-electron chi connectivity index (χ1n) is 8.34. The van der Waals surface area contributed by atoms with E-state index in [2.05, 4.69) is 13.2 Å². The van der Waals surface area contributed by atoms with Crippen LogP contribution in [0, 0.1) is 6.92 Å². The van der Waals surface area contributed by atoms with E-state index >= 15 is 0 Å². The molecule has 1 unspecified atom stereocenters. The highest BCUT2D eigenvalue weighted by Gasteiger charge is 2.35. The monoisotopic (exact) mass is 385 g/mol. The second-order valence-electron chi connectivity index (χ2n) is 6.01. The van der Waals surface area contributed by atoms with E-state index in [1.54, 1.807) is 48.5 Å². The van der Waals surface area contributed by atoms with Crippen molar-refractivity contribution >= 4 is 16.0 Å². The maximum Gasteiger partial charge on any atom is 0.335 e. The molecule has 0 bridgehead atoms. The van der Waals surface area contributed by atoms with Crippen molar-refractivity contribution in [3.63, 3.8) is 0 Å². The van der Waals surface area contributed by atoms with Gasteiger partial charge in [0.05, 0.1) is 23.6 Å². The molecule has 1 atom stereocenters. The van der Waals surface area contributed by atoms with Crippen molar-refractivity contribution in [3.05, 3.63) is 90.5 Å². The van der Waals surface area contributed by atoms with E-state index in [0.717, 1.165) is 5.56 Å². The molecule has 2 aromatic rings. The van der Waals surface area contributed by atoms with Crippen LogP contribution in [0.5, 0.6) is 0 Å². The number of carbonyl (C=O) groups excluding carboxylic acids is 1. The Hall–Kier alpha value is -2.70. The lowest BCUT2D eigenvalue weighted by Gasteiger charge is -2.31. The Morgan fingerprint density at radius 2 is 1.74 bits per heavy atom. The van der Waals surface area contributed by atoms with Gasteiger partial charge in [0.25, 0.3) is 0 Å². The zero-order valence-electron chi connectivity index (χ0n) is 15.5. The molecule has 2 rings (SSSR count). The van der Waals surface area contributed by atoms with Gasteiger partial charge in [-0.1, -0.05) is 60.7 Å². The molecule has 0 saturated carbocycles. The number of nitrogens with zero attached hydrogens (tertiary/aromatic N) is 1. The highest BCUT2D eigenvalue weighted by molar-refractivity contribution is 7.89. The topological polar surface area (TPSA) is 63.7 Å². The maximum absolute atomic E-state index is 13.3. The van der Waals surface area contributed by atoms with Crippen LogP contribution in [0.25, 0.3) is 0 Å². The first kappa shape index (κ1) is 20.6. The predicted molar refractivity (Wildman–Crippen MR) is 106 cm³/mol. The van der Waals surface area contributed by atoms with Gasteiger partial charge in [-0.2, -0.15) is 4.31 Å². The average Bonchev–Trinajstić information content (AvgIpc) is 2.68. The lowest BCUT2D eigenvalue weighted by atomic mass is 10.00. The molecule has 0 aliphatic heterocycles. The summed E-state index contributed by atoms with van der Waals surface area (Å²) in [5.74, 6) is -0.669. The minimum Gasteiger partial charge on any atom is -0.466 e. The summed E-state index contributed by atoms with van der Waals surface area (Å²) in [6.45, 7) is 9.37. The number of aryl methyl sites for hydroxylation is 1. The SMILES string of the molecule is C=CCN(C(C(=C)C(=O)OC)c1ccccc1)S(=O)(=O)c1ccc(C)cc1. The molecule has 0 fully saturated rings. The van der Waals surface area contributed by atoms with E-state index in [0.29, 0.717) is 5.56 Å². The molecule has 142 valence electrons. The number of carbonyl (C=O) groups is 1. The van der Waals surface area contributed by atoms with Gasteiger partial charge in [-0.05, 0) is 24.6 Å². The highest BCUT2D eigenvalue weighted by Crippen LogP contribution is 2.33. The fourth-order valence-corrected chi connectivity index (χ4v) is 4.31. The Bertz CT molecular complexity index is 918. The van der Waals surface area contributed by atoms with Crippen LogP contribution in [-0.2, 0) is 19.6 Å². The lowest BCUT2D eigenvalue weighted by molar-refractivity contribution is -0.136. The molecule has 6 heteroatoms. The Morgan fingerprint density at radius 1 is 1.15 bits per heavy atom. The number of benzene rings is 2. The van der Waals surface area contributed by atoms with Crippen molar-refractivity contribution < 1.29 is 17.9 Å². The Balaban J connectivity index is 2.63. The minimum absolute atomic E-state index is 0.00574. The summed E-state index contributed by atoms with van der Waals surface area (Å²) >= 11 is 0. The first-order chi connectivity index (χ1) is 12.8. The molecule has 0 amide bonds. The number of rotatable bonds is 8. The smallest absolute Gasteiger partial charge is 0.335 e. The fourth-order valence-electron chi connectivity index (χ4n) is 2.73. The summed E-state index contributed by atoms with van der Waals surface area (Å²) in [6, 6.07) is 14.5. The molecule has 0 heterocycles. The zero-order valence-corrected chi connectivity index (χ0v) is 16.3. The van der Waals surface area contributed by atoms with Crippen molar-refractivity contribution in [2.24, 2.45) is 0 Å². The van der Waals surface area contributed by atoms with Crippen LogP contribution in [0.2, 0.25) is 0 Å². The first-order valence-corrected chi connectivity index (χ1v) is 9.78. The average molecular weight is 385 g/mol. The van der Waals surface area contributed by atoms with Crippen LogP contribution in [0.1, 0.15) is 17.2 Å². The molecule has 0 aliphatic carbocycles. The van der Waals surface area contributed by atoms with Crippen LogP contribution >= 0.6 is 0 Å². The number of ether oxygens (including phenoxy) is 1. The number of methoxy groups -OCH3 is 1. The van der Waals surface area contributed by atoms with Gasteiger partial charge < -0.3 is 4.74 Å². The molecule has 0 radical (unpaired) electrons. The van der Waals surface area contributed by atoms with Crippen molar-refractivity contribution in [1.82, 2.24) is 4.31 Å². The summed E-state index contributed by atoms with van der Waals surface area (Å²) < 4.78 is 32.7. The molecule has 27 heavy (non-hydrogen) atoms. The second-order valence-corrected chi connectivity index (χ2v) is 7.90. The third-order valence-electron chi connectivity index (χ3n) is 4.12. The van der Waals surface area contributed by atoms with Gasteiger partial charge in [0, 0.05) is 6.54 Å². The van der Waals surface area contributed by atoms with Crippen LogP contribution in [0.3, 0.4) is 0 Å². The summed E-state index contributed by atoms with van der Waals surface area (Å²) in [4.78, 5) is 12.3. The summed E-state index contributed by atoms with van der Waals surface area (Å²) in [7, 11) is -2.68. The number of hydrogen-bond donors (Lipinski definition) is 0. The van der Waals surface area contributed by atoms with Gasteiger partial charge in [-0.25, -0.2) is 13.2 Å². The standard InChI is InChI=1S/C21H23NO4S/c1-5-15-22(27(24,25)19-13-11-16(2)12-14-19)20(17(3)21(23)26-4)18-9-7-6-8-10-18/h5-14,20H,1,3,15H2,2,4H3. The van der Waals surface area contributed by atoms with Crippen molar-refractivity contribution in [3.8, 4) is 0 Å². The van der Waals surface area contributed by atoms with Gasteiger partial charge in [0.2, 0.25) is 10.0 Å². The van der Waals surface area contributed by atoms with Gasteiger partial charge in [0.1, 0.15) is 0 Å². The van der Waals surface area contributed by atoms with Crippen LogP contribution in [0.15, 0.2) is 84.3 Å². The van der Waals surface area contributed by atoms with Gasteiger partial charge >= 0.3 is 5.97 Å². The summed E-state index contributed by atoms with van der Waals surface area (Å²) in [6.07, 6.45) is 1.48. The molecule has 0 aliphatic rings. The number of hydrogen-bond acceptors (Lipinski definition) is 4. The third kappa shape index (κ3) is 4.53. The van der Waals surface area contributed by atoms with E-state index in [9.17, 15) is 13.2 Å². The molecular weight excluding hydrogens is 362 g/mol. The normalized spacial score (nSPS) is 12.4. The molecule has 0 spiro atoms. The van der Waals surface area contributed by atoms with Crippen molar-refractivity contribution in [1.29, 1.82) is 0 Å². The molecule has 0 aromatic heterocycles. The Labute approximate surface area is 160 Å². The molecule has 0 N–H and O–H groups in total. The summed E-state index contributed by atoms with van der Waals surface area (Å²) in [5.41, 5.74) is 1.59. The van der Waals surface area contributed by atoms with Gasteiger partial charge in [-0.3, -0.25) is 0 Å². The number of esters is 1. The quantitative estimate of drug-likeness (QED) is 0.395. The van der Waals surface area contributed by atoms with E-state index in [1.807, 2.05) is 13.0 Å². The van der Waals surface area contributed by atoms with Crippen LogP contribution in [0.4, 0.5) is 0 Å². The molecule has 2 aromatic carbocycles. The van der Waals surface area contributed by atoms with Crippen LogP contribution in [-0.4, -0.2) is 32.3 Å². The number of sulfonamides is 1. The largest absolute Gasteiger partial charge is 0.466 e. The van der Waals surface area contributed by atoms with Crippen molar-refractivity contribution in [2.45, 2.75) is 17.9 Å². The Kier molecular flexibility index (Phi) is 6.71. The second kappa shape index (κ2) is 8.79. The van der Waals surface area contributed by atoms with Crippen LogP contribution < -0.4 is 0 Å². The lowest BCUT2D eigenvalue weighted by Crippen LogP contribution is -2.37. The maximum atomic E-state index is 13.3. The predicted octanol–water partition coefficient (Wildman–Crippen LogP) is 3.64. The van der Waals surface area contributed by atoms with Gasteiger partial charge in [-0.15, -0.1) is 6.58 Å². The van der Waals surface area contributed by atoms with E-state index in [-0.39, 0.29) is 17.0 Å². The highest BCUT2D eigenvalue weighted by atomic mass is 32.2. The minimum atomic E-state index is -3.92. The summed E-state index contributed by atoms with van der Waals surface area (Å²) in [5, 5.41) is 0.